The Morgan fingerprint density at radius 1 is 1.06 bits per heavy atom. The summed E-state index contributed by atoms with van der Waals surface area (Å²) < 4.78 is 61.7. The molecule has 1 aromatic carbocycles. The molecular formula is C19H18F4N2O5S. The summed E-state index contributed by atoms with van der Waals surface area (Å²) in [4.78, 5) is 36.9. The van der Waals surface area contributed by atoms with Gasteiger partial charge in [0.2, 0.25) is 0 Å². The Morgan fingerprint density at radius 2 is 1.68 bits per heavy atom. The van der Waals surface area contributed by atoms with Gasteiger partial charge in [0.15, 0.2) is 0 Å². The van der Waals surface area contributed by atoms with Crippen LogP contribution in [0.25, 0.3) is 0 Å². The van der Waals surface area contributed by atoms with Crippen LogP contribution in [-0.2, 0) is 14.3 Å². The number of nitrogens with one attached hydrogen (secondary N) is 2. The van der Waals surface area contributed by atoms with Gasteiger partial charge in [0.1, 0.15) is 5.00 Å². The first kappa shape index (κ1) is 24.3. The van der Waals surface area contributed by atoms with Gasteiger partial charge in [0, 0.05) is 12.8 Å². The second-order valence-corrected chi connectivity index (χ2v) is 7.07. The fourth-order valence-electron chi connectivity index (χ4n) is 2.50. The molecule has 2 amide bonds. The molecule has 2 aromatic rings. The topological polar surface area (TPSA) is 93.7 Å². The average Bonchev–Trinajstić information content (AvgIpc) is 3.03. The van der Waals surface area contributed by atoms with Gasteiger partial charge in [-0.2, -0.15) is 17.6 Å². The van der Waals surface area contributed by atoms with Gasteiger partial charge < -0.3 is 20.1 Å². The van der Waals surface area contributed by atoms with Gasteiger partial charge in [-0.15, -0.1) is 11.3 Å². The fourth-order valence-corrected chi connectivity index (χ4v) is 3.58. The van der Waals surface area contributed by atoms with Crippen molar-refractivity contribution in [3.8, 4) is 0 Å². The number of carbonyl (C=O) groups excluding carboxylic acids is 3. The number of amides is 2. The summed E-state index contributed by atoms with van der Waals surface area (Å²) in [5, 5.41) is 3.78. The van der Waals surface area contributed by atoms with Crippen molar-refractivity contribution in [3.05, 3.63) is 46.3 Å². The number of rotatable bonds is 7. The van der Waals surface area contributed by atoms with E-state index in [9.17, 15) is 31.9 Å². The van der Waals surface area contributed by atoms with Crippen LogP contribution in [0.2, 0.25) is 0 Å². The molecule has 1 heterocycles. The molecule has 0 unspecified atom stereocenters. The number of alkyl halides is 4. The van der Waals surface area contributed by atoms with Crippen molar-refractivity contribution < 1.29 is 41.4 Å². The van der Waals surface area contributed by atoms with Crippen LogP contribution in [0.1, 0.15) is 32.5 Å². The minimum Gasteiger partial charge on any atom is -0.462 e. The zero-order valence-corrected chi connectivity index (χ0v) is 17.4. The number of carbonyl (C=O) groups is 3. The summed E-state index contributed by atoms with van der Waals surface area (Å²) in [5.74, 6) is -8.55. The molecule has 12 heteroatoms. The van der Waals surface area contributed by atoms with Crippen molar-refractivity contribution >= 4 is 39.8 Å². The normalized spacial score (nSPS) is 13.3. The highest BCUT2D eigenvalue weighted by Crippen LogP contribution is 2.39. The summed E-state index contributed by atoms with van der Waals surface area (Å²) in [7, 11) is 0.373. The molecule has 2 N–H and O–H groups in total. The van der Waals surface area contributed by atoms with Crippen LogP contribution in [0.3, 0.4) is 0 Å². The summed E-state index contributed by atoms with van der Waals surface area (Å²) in [5.41, 5.74) is 0.0999. The molecule has 7 nitrogen and oxygen atoms in total. The molecule has 0 saturated heterocycles. The van der Waals surface area contributed by atoms with E-state index in [1.807, 2.05) is 0 Å². The highest BCUT2D eigenvalue weighted by molar-refractivity contribution is 7.19. The number of thiophene rings is 1. The van der Waals surface area contributed by atoms with Crippen LogP contribution >= 0.6 is 11.3 Å². The maximum absolute atomic E-state index is 14.2. The highest BCUT2D eigenvalue weighted by Gasteiger charge is 2.63. The van der Waals surface area contributed by atoms with E-state index in [1.54, 1.807) is 35.6 Å². The second-order valence-electron chi connectivity index (χ2n) is 6.05. The minimum absolute atomic E-state index is 0.0427. The SMILES string of the molecule is CCOC(=O)c1c(NC(=O)[C@@](F)(OC)C(F)(F)F)sc(C(=O)Nc2ccccc2)c1C. The number of methoxy groups -OCH3 is 1. The molecule has 0 bridgehead atoms. The molecule has 168 valence electrons. The van der Waals surface area contributed by atoms with Crippen molar-refractivity contribution in [1.29, 1.82) is 0 Å². The number of para-hydroxylation sites is 1. The average molecular weight is 462 g/mol. The molecule has 0 aliphatic rings. The third kappa shape index (κ3) is 5.02. The van der Waals surface area contributed by atoms with Gasteiger partial charge >= 0.3 is 23.9 Å². The summed E-state index contributed by atoms with van der Waals surface area (Å²) >= 11 is 0.499. The third-order valence-electron chi connectivity index (χ3n) is 4.03. The number of halogens is 4. The lowest BCUT2D eigenvalue weighted by Gasteiger charge is -2.24. The Kier molecular flexibility index (Phi) is 7.39. The van der Waals surface area contributed by atoms with Gasteiger partial charge in [-0.25, -0.2) is 4.79 Å². The van der Waals surface area contributed by atoms with Crippen LogP contribution in [0, 0.1) is 6.92 Å². The van der Waals surface area contributed by atoms with E-state index < -0.39 is 34.8 Å². The molecule has 1 aromatic heterocycles. The second kappa shape index (κ2) is 9.43. The Morgan fingerprint density at radius 3 is 2.19 bits per heavy atom. The predicted molar refractivity (Wildman–Crippen MR) is 105 cm³/mol. The lowest BCUT2D eigenvalue weighted by molar-refractivity contribution is -0.305. The number of anilines is 2. The first-order valence-corrected chi connectivity index (χ1v) is 9.57. The molecular weight excluding hydrogens is 444 g/mol. The first-order chi connectivity index (χ1) is 14.5. The van der Waals surface area contributed by atoms with Gasteiger partial charge in [0.05, 0.1) is 17.0 Å². The molecule has 0 aliphatic carbocycles. The van der Waals surface area contributed by atoms with E-state index in [4.69, 9.17) is 4.74 Å². The minimum atomic E-state index is -5.68. The maximum atomic E-state index is 14.2. The van der Waals surface area contributed by atoms with Gasteiger partial charge in [-0.05, 0) is 31.5 Å². The van der Waals surface area contributed by atoms with E-state index in [1.165, 1.54) is 13.8 Å². The number of ether oxygens (including phenoxy) is 2. The van der Waals surface area contributed by atoms with Crippen molar-refractivity contribution in [2.45, 2.75) is 25.9 Å². The first-order valence-electron chi connectivity index (χ1n) is 8.75. The van der Waals surface area contributed by atoms with Gasteiger partial charge in [0.25, 0.3) is 5.91 Å². The molecule has 2 rings (SSSR count). The monoisotopic (exact) mass is 462 g/mol. The Bertz CT molecular complexity index is 978. The fraction of sp³-hybridized carbons (Fsp3) is 0.316. The Balaban J connectivity index is 2.46. The smallest absolute Gasteiger partial charge is 0.458 e. The van der Waals surface area contributed by atoms with Crippen molar-refractivity contribution in [2.75, 3.05) is 24.4 Å². The van der Waals surface area contributed by atoms with E-state index in [2.05, 4.69) is 10.1 Å². The number of hydrogen-bond donors (Lipinski definition) is 2. The van der Waals surface area contributed by atoms with Crippen molar-refractivity contribution in [1.82, 2.24) is 0 Å². The van der Waals surface area contributed by atoms with Crippen LogP contribution < -0.4 is 10.6 Å². The Hall–Kier alpha value is -2.99. The molecule has 0 saturated carbocycles. The van der Waals surface area contributed by atoms with Crippen LogP contribution in [-0.4, -0.2) is 43.5 Å². The molecule has 31 heavy (non-hydrogen) atoms. The quantitative estimate of drug-likeness (QED) is 0.473. The van der Waals surface area contributed by atoms with Gasteiger partial charge in [-0.1, -0.05) is 18.2 Å². The van der Waals surface area contributed by atoms with E-state index >= 15 is 0 Å². The largest absolute Gasteiger partial charge is 0.462 e. The van der Waals surface area contributed by atoms with Crippen LogP contribution in [0.5, 0.6) is 0 Å². The molecule has 0 radical (unpaired) electrons. The van der Waals surface area contributed by atoms with E-state index in [0.29, 0.717) is 24.1 Å². The lowest BCUT2D eigenvalue weighted by atomic mass is 10.1. The van der Waals surface area contributed by atoms with Crippen molar-refractivity contribution in [3.63, 3.8) is 0 Å². The van der Waals surface area contributed by atoms with E-state index in [0.717, 1.165) is 0 Å². The number of hydrogen-bond acceptors (Lipinski definition) is 6. The third-order valence-corrected chi connectivity index (χ3v) is 5.24. The molecule has 0 fully saturated rings. The van der Waals surface area contributed by atoms with Crippen LogP contribution in [0.15, 0.2) is 30.3 Å². The zero-order valence-electron chi connectivity index (χ0n) is 16.6. The summed E-state index contributed by atoms with van der Waals surface area (Å²) in [6.07, 6.45) is -5.68. The van der Waals surface area contributed by atoms with Gasteiger partial charge in [-0.3, -0.25) is 9.59 Å². The summed E-state index contributed by atoms with van der Waals surface area (Å²) in [6.45, 7) is 2.75. The molecule has 0 aliphatic heterocycles. The zero-order chi connectivity index (χ0) is 23.4. The summed E-state index contributed by atoms with van der Waals surface area (Å²) in [6, 6.07) is 8.23. The highest BCUT2D eigenvalue weighted by atomic mass is 32.1. The van der Waals surface area contributed by atoms with Crippen molar-refractivity contribution in [2.24, 2.45) is 0 Å². The molecule has 1 atom stereocenters. The number of benzene rings is 1. The maximum Gasteiger partial charge on any atom is 0.458 e. The van der Waals surface area contributed by atoms with Crippen LogP contribution in [0.4, 0.5) is 28.3 Å². The Labute approximate surface area is 178 Å². The lowest BCUT2D eigenvalue weighted by Crippen LogP contribution is -2.52. The molecule has 0 spiro atoms. The number of esters is 1. The predicted octanol–water partition coefficient (Wildman–Crippen LogP) is 4.30. The van der Waals surface area contributed by atoms with E-state index in [-0.39, 0.29) is 22.6 Å². The standard InChI is InChI=1S/C19H18F4N2O5S/c1-4-30-16(27)12-10(2)13(14(26)24-11-8-6-5-7-9-11)31-15(12)25-17(28)18(20,29-3)19(21,22)23/h5-9H,4H2,1-3H3,(H,24,26)(H,25,28)/t18-/m1/s1.